The molecular weight excluding hydrogens is 254 g/mol. The minimum absolute atomic E-state index is 0.0745. The normalized spacial score (nSPS) is 18.7. The van der Waals surface area contributed by atoms with Gasteiger partial charge < -0.3 is 14.8 Å². The van der Waals surface area contributed by atoms with E-state index in [2.05, 4.69) is 24.3 Å². The smallest absolute Gasteiger partial charge is 0.159 e. The molecule has 1 N–H and O–H groups in total. The van der Waals surface area contributed by atoms with Crippen LogP contribution in [-0.2, 0) is 9.47 Å². The number of nitrogens with one attached hydrogen (secondary N) is 1. The summed E-state index contributed by atoms with van der Waals surface area (Å²) >= 11 is 6.24. The van der Waals surface area contributed by atoms with Gasteiger partial charge in [-0.3, -0.25) is 4.68 Å². The van der Waals surface area contributed by atoms with E-state index in [1.54, 1.807) is 6.20 Å². The van der Waals surface area contributed by atoms with Gasteiger partial charge in [0, 0.05) is 12.5 Å². The maximum atomic E-state index is 6.24. The predicted molar refractivity (Wildman–Crippen MR) is 69.7 cm³/mol. The van der Waals surface area contributed by atoms with E-state index in [1.165, 1.54) is 0 Å². The van der Waals surface area contributed by atoms with Crippen LogP contribution in [0.4, 0.5) is 0 Å². The van der Waals surface area contributed by atoms with Crippen LogP contribution in [0, 0.1) is 0 Å². The van der Waals surface area contributed by atoms with Gasteiger partial charge in [-0.05, 0) is 20.9 Å². The number of hydrogen-bond donors (Lipinski definition) is 1. The van der Waals surface area contributed by atoms with Gasteiger partial charge in [0.15, 0.2) is 6.29 Å². The van der Waals surface area contributed by atoms with Crippen LogP contribution in [0.25, 0.3) is 0 Å². The number of nitrogens with zero attached hydrogens (tertiary/aromatic N) is 2. The van der Waals surface area contributed by atoms with Gasteiger partial charge in [-0.1, -0.05) is 11.6 Å². The van der Waals surface area contributed by atoms with E-state index in [4.69, 9.17) is 21.1 Å². The highest BCUT2D eigenvalue weighted by molar-refractivity contribution is 6.31. The number of halogens is 1. The van der Waals surface area contributed by atoms with Crippen LogP contribution in [0.15, 0.2) is 6.20 Å². The van der Waals surface area contributed by atoms with Crippen molar-refractivity contribution in [3.8, 4) is 0 Å². The minimum Gasteiger partial charge on any atom is -0.350 e. The second-order valence-corrected chi connectivity index (χ2v) is 5.07. The molecule has 0 amide bonds. The quantitative estimate of drug-likeness (QED) is 0.893. The summed E-state index contributed by atoms with van der Waals surface area (Å²) in [4.78, 5) is 0. The third-order valence-corrected chi connectivity index (χ3v) is 3.36. The molecule has 0 spiro atoms. The van der Waals surface area contributed by atoms with E-state index in [0.717, 1.165) is 12.1 Å². The minimum atomic E-state index is -0.158. The molecule has 18 heavy (non-hydrogen) atoms. The number of hydrogen-bond acceptors (Lipinski definition) is 4. The van der Waals surface area contributed by atoms with E-state index in [1.807, 2.05) is 11.7 Å². The van der Waals surface area contributed by atoms with Gasteiger partial charge in [-0.25, -0.2) is 0 Å². The molecule has 1 aliphatic heterocycles. The Hall–Kier alpha value is -0.620. The Bertz CT molecular complexity index is 389. The van der Waals surface area contributed by atoms with Crippen LogP contribution < -0.4 is 5.32 Å². The van der Waals surface area contributed by atoms with Gasteiger partial charge in [-0.2, -0.15) is 5.10 Å². The van der Waals surface area contributed by atoms with Crippen molar-refractivity contribution in [1.82, 2.24) is 15.1 Å². The first-order valence-electron chi connectivity index (χ1n) is 6.26. The van der Waals surface area contributed by atoms with Crippen molar-refractivity contribution in [2.45, 2.75) is 38.6 Å². The Morgan fingerprint density at radius 1 is 1.50 bits per heavy atom. The van der Waals surface area contributed by atoms with Crippen molar-refractivity contribution >= 4 is 11.6 Å². The Balaban J connectivity index is 2.17. The van der Waals surface area contributed by atoms with Gasteiger partial charge in [0.25, 0.3) is 0 Å². The summed E-state index contributed by atoms with van der Waals surface area (Å²) in [5.41, 5.74) is 0.994. The lowest BCUT2D eigenvalue weighted by Crippen LogP contribution is -2.26. The average Bonchev–Trinajstić information content (AvgIpc) is 2.95. The molecule has 1 aromatic rings. The lowest BCUT2D eigenvalue weighted by molar-refractivity contribution is -0.0531. The van der Waals surface area contributed by atoms with E-state index < -0.39 is 0 Å². The molecular formula is C12H20ClN3O2. The Labute approximate surface area is 112 Å². The molecule has 1 aliphatic rings. The molecule has 2 heterocycles. The van der Waals surface area contributed by atoms with Gasteiger partial charge in [0.2, 0.25) is 0 Å². The fraction of sp³-hybridized carbons (Fsp3) is 0.750. The maximum Gasteiger partial charge on any atom is 0.159 e. The van der Waals surface area contributed by atoms with Crippen molar-refractivity contribution in [3.05, 3.63) is 16.9 Å². The first kappa shape index (κ1) is 13.8. The SMILES string of the molecule is CNC(CC1OCCO1)c1c(Cl)cnn1C(C)C. The first-order chi connectivity index (χ1) is 8.63. The summed E-state index contributed by atoms with van der Waals surface area (Å²) < 4.78 is 12.9. The van der Waals surface area contributed by atoms with Crippen molar-refractivity contribution < 1.29 is 9.47 Å². The van der Waals surface area contributed by atoms with Crippen LogP contribution in [0.3, 0.4) is 0 Å². The molecule has 1 fully saturated rings. The monoisotopic (exact) mass is 273 g/mol. The number of ether oxygens (including phenoxy) is 2. The molecule has 1 saturated heterocycles. The summed E-state index contributed by atoms with van der Waals surface area (Å²) in [5, 5.41) is 8.27. The number of aromatic nitrogens is 2. The molecule has 2 rings (SSSR count). The van der Waals surface area contributed by atoms with Crippen molar-refractivity contribution in [1.29, 1.82) is 0 Å². The topological polar surface area (TPSA) is 48.3 Å². The van der Waals surface area contributed by atoms with Crippen LogP contribution in [-0.4, -0.2) is 36.3 Å². The molecule has 5 nitrogen and oxygen atoms in total. The van der Waals surface area contributed by atoms with Crippen molar-refractivity contribution in [3.63, 3.8) is 0 Å². The predicted octanol–water partition coefficient (Wildman–Crippen LogP) is 2.14. The molecule has 1 aromatic heterocycles. The highest BCUT2D eigenvalue weighted by Crippen LogP contribution is 2.29. The second-order valence-electron chi connectivity index (χ2n) is 4.66. The summed E-state index contributed by atoms with van der Waals surface area (Å²) in [6.45, 7) is 5.50. The Morgan fingerprint density at radius 2 is 2.17 bits per heavy atom. The van der Waals surface area contributed by atoms with Crippen LogP contribution in [0.5, 0.6) is 0 Å². The Kier molecular flexibility index (Phi) is 4.61. The summed E-state index contributed by atoms with van der Waals surface area (Å²) in [6, 6.07) is 0.347. The van der Waals surface area contributed by atoms with Gasteiger partial charge >= 0.3 is 0 Å². The molecule has 1 atom stereocenters. The van der Waals surface area contributed by atoms with Crippen LogP contribution in [0.2, 0.25) is 5.02 Å². The second kappa shape index (κ2) is 6.02. The van der Waals surface area contributed by atoms with Gasteiger partial charge in [0.05, 0.1) is 36.2 Å². The largest absolute Gasteiger partial charge is 0.350 e. The summed E-state index contributed by atoms with van der Waals surface area (Å²) in [7, 11) is 1.91. The first-order valence-corrected chi connectivity index (χ1v) is 6.64. The highest BCUT2D eigenvalue weighted by Gasteiger charge is 2.26. The molecule has 1 unspecified atom stereocenters. The maximum absolute atomic E-state index is 6.24. The van der Waals surface area contributed by atoms with Crippen molar-refractivity contribution in [2.24, 2.45) is 0 Å². The fourth-order valence-electron chi connectivity index (χ4n) is 2.19. The molecule has 0 aliphatic carbocycles. The lowest BCUT2D eigenvalue weighted by Gasteiger charge is -2.22. The van der Waals surface area contributed by atoms with E-state index in [0.29, 0.717) is 18.2 Å². The summed E-state index contributed by atoms with van der Waals surface area (Å²) in [6.07, 6.45) is 2.26. The number of rotatable bonds is 5. The van der Waals surface area contributed by atoms with Gasteiger partial charge in [0.1, 0.15) is 0 Å². The zero-order valence-electron chi connectivity index (χ0n) is 11.0. The molecule has 102 valence electrons. The van der Waals surface area contributed by atoms with Crippen molar-refractivity contribution in [2.75, 3.05) is 20.3 Å². The third-order valence-electron chi connectivity index (χ3n) is 3.07. The lowest BCUT2D eigenvalue weighted by atomic mass is 10.1. The molecule has 0 saturated carbocycles. The average molecular weight is 274 g/mol. The van der Waals surface area contributed by atoms with Crippen LogP contribution in [0.1, 0.15) is 38.0 Å². The zero-order valence-corrected chi connectivity index (χ0v) is 11.8. The Morgan fingerprint density at radius 3 is 2.72 bits per heavy atom. The molecule has 0 bridgehead atoms. The summed E-state index contributed by atoms with van der Waals surface area (Å²) in [5.74, 6) is 0. The fourth-order valence-corrected chi connectivity index (χ4v) is 2.45. The standard InChI is InChI=1S/C12H20ClN3O2/c1-8(2)16-12(9(13)7-15-16)10(14-3)6-11-17-4-5-18-11/h7-8,10-11,14H,4-6H2,1-3H3. The molecule has 0 aromatic carbocycles. The zero-order chi connectivity index (χ0) is 13.1. The third kappa shape index (κ3) is 2.85. The van der Waals surface area contributed by atoms with E-state index in [9.17, 15) is 0 Å². The van der Waals surface area contributed by atoms with Crippen LogP contribution >= 0.6 is 11.6 Å². The molecule has 0 radical (unpaired) electrons. The molecule has 6 heteroatoms. The van der Waals surface area contributed by atoms with E-state index in [-0.39, 0.29) is 18.4 Å². The highest BCUT2D eigenvalue weighted by atomic mass is 35.5. The van der Waals surface area contributed by atoms with E-state index >= 15 is 0 Å². The van der Waals surface area contributed by atoms with Gasteiger partial charge in [-0.15, -0.1) is 0 Å².